The van der Waals surface area contributed by atoms with Crippen LogP contribution in [0, 0.1) is 5.92 Å². The van der Waals surface area contributed by atoms with Gasteiger partial charge in [0, 0.05) is 23.5 Å². The predicted octanol–water partition coefficient (Wildman–Crippen LogP) is 3.51. The third-order valence-corrected chi connectivity index (χ3v) is 3.17. The van der Waals surface area contributed by atoms with Gasteiger partial charge in [0.05, 0.1) is 0 Å². The summed E-state index contributed by atoms with van der Waals surface area (Å²) in [5.41, 5.74) is 0. The van der Waals surface area contributed by atoms with Crippen LogP contribution in [-0.4, -0.2) is 15.4 Å². The average Bonchev–Trinajstić information content (AvgIpc) is 2.61. The molecular formula is C11H21N3S. The van der Waals surface area contributed by atoms with Crippen LogP contribution < -0.4 is 5.32 Å². The Morgan fingerprint density at radius 2 is 1.93 bits per heavy atom. The van der Waals surface area contributed by atoms with Gasteiger partial charge in [0.15, 0.2) is 0 Å². The first kappa shape index (κ1) is 12.4. The quantitative estimate of drug-likeness (QED) is 0.836. The van der Waals surface area contributed by atoms with Crippen LogP contribution in [0.25, 0.3) is 0 Å². The maximum Gasteiger partial charge on any atom is 0.202 e. The molecule has 0 aliphatic heterocycles. The zero-order valence-electron chi connectivity index (χ0n) is 10.2. The van der Waals surface area contributed by atoms with Crippen molar-refractivity contribution in [2.45, 2.75) is 53.0 Å². The van der Waals surface area contributed by atoms with E-state index in [9.17, 15) is 0 Å². The van der Waals surface area contributed by atoms with E-state index in [-0.39, 0.29) is 0 Å². The Bertz CT molecular complexity index is 294. The van der Waals surface area contributed by atoms with Gasteiger partial charge in [-0.3, -0.25) is 0 Å². The van der Waals surface area contributed by atoms with Crippen molar-refractivity contribution in [2.24, 2.45) is 5.92 Å². The SMILES string of the molecule is CCC(Nc1nc(C(C)C)ns1)C(C)C. The highest BCUT2D eigenvalue weighted by Gasteiger charge is 2.14. The van der Waals surface area contributed by atoms with Crippen molar-refractivity contribution in [1.82, 2.24) is 9.36 Å². The molecule has 0 aliphatic rings. The van der Waals surface area contributed by atoms with Crippen molar-refractivity contribution in [3.8, 4) is 0 Å². The third kappa shape index (κ3) is 3.45. The van der Waals surface area contributed by atoms with E-state index in [1.54, 1.807) is 0 Å². The summed E-state index contributed by atoms with van der Waals surface area (Å²) in [5.74, 6) is 1.98. The van der Waals surface area contributed by atoms with Gasteiger partial charge in [0.1, 0.15) is 5.82 Å². The Kier molecular flexibility index (Phi) is 4.51. The summed E-state index contributed by atoms with van der Waals surface area (Å²) in [4.78, 5) is 4.48. The van der Waals surface area contributed by atoms with Gasteiger partial charge in [-0.25, -0.2) is 4.98 Å². The molecule has 0 fully saturated rings. The molecule has 0 aliphatic carbocycles. The van der Waals surface area contributed by atoms with Crippen molar-refractivity contribution < 1.29 is 0 Å². The smallest absolute Gasteiger partial charge is 0.202 e. The van der Waals surface area contributed by atoms with E-state index in [0.717, 1.165) is 17.4 Å². The summed E-state index contributed by atoms with van der Waals surface area (Å²) >= 11 is 1.47. The van der Waals surface area contributed by atoms with Crippen LogP contribution in [0.4, 0.5) is 5.13 Å². The molecule has 1 rings (SSSR count). The van der Waals surface area contributed by atoms with Crippen molar-refractivity contribution in [1.29, 1.82) is 0 Å². The largest absolute Gasteiger partial charge is 0.357 e. The second-order valence-corrected chi connectivity index (χ2v) is 5.27. The van der Waals surface area contributed by atoms with Gasteiger partial charge in [-0.15, -0.1) is 0 Å². The van der Waals surface area contributed by atoms with E-state index in [1.807, 2.05) is 0 Å². The molecule has 1 heterocycles. The summed E-state index contributed by atoms with van der Waals surface area (Å²) < 4.78 is 4.33. The first-order valence-electron chi connectivity index (χ1n) is 5.64. The molecule has 1 unspecified atom stereocenters. The minimum absolute atomic E-state index is 0.413. The number of hydrogen-bond donors (Lipinski definition) is 1. The Morgan fingerprint density at radius 1 is 1.27 bits per heavy atom. The second kappa shape index (κ2) is 5.45. The Balaban J connectivity index is 2.63. The standard InChI is InChI=1S/C11H21N3S/c1-6-9(7(2)3)12-11-13-10(8(4)5)14-15-11/h7-9H,6H2,1-5H3,(H,12,13,14). The predicted molar refractivity (Wildman–Crippen MR) is 66.5 cm³/mol. The molecule has 0 bridgehead atoms. The van der Waals surface area contributed by atoms with Crippen LogP contribution in [0.3, 0.4) is 0 Å². The highest BCUT2D eigenvalue weighted by Crippen LogP contribution is 2.20. The Hall–Kier alpha value is -0.640. The lowest BCUT2D eigenvalue weighted by atomic mass is 10.0. The Labute approximate surface area is 96.5 Å². The molecule has 0 saturated heterocycles. The minimum Gasteiger partial charge on any atom is -0.357 e. The normalized spacial score (nSPS) is 13.5. The maximum absolute atomic E-state index is 4.48. The summed E-state index contributed by atoms with van der Waals surface area (Å²) in [5, 5.41) is 4.41. The molecular weight excluding hydrogens is 206 g/mol. The van der Waals surface area contributed by atoms with E-state index in [1.165, 1.54) is 11.5 Å². The van der Waals surface area contributed by atoms with E-state index >= 15 is 0 Å². The highest BCUT2D eigenvalue weighted by molar-refractivity contribution is 7.09. The topological polar surface area (TPSA) is 37.8 Å². The number of rotatable bonds is 5. The number of aromatic nitrogens is 2. The van der Waals surface area contributed by atoms with Gasteiger partial charge in [-0.2, -0.15) is 4.37 Å². The number of anilines is 1. The fourth-order valence-corrected chi connectivity index (χ4v) is 2.20. The highest BCUT2D eigenvalue weighted by atomic mass is 32.1. The first-order valence-corrected chi connectivity index (χ1v) is 6.42. The van der Waals surface area contributed by atoms with E-state index in [2.05, 4.69) is 49.3 Å². The molecule has 1 N–H and O–H groups in total. The van der Waals surface area contributed by atoms with Crippen LogP contribution in [0.1, 0.15) is 52.8 Å². The zero-order valence-corrected chi connectivity index (χ0v) is 11.1. The molecule has 0 saturated carbocycles. The van der Waals surface area contributed by atoms with Gasteiger partial charge in [-0.1, -0.05) is 34.6 Å². The van der Waals surface area contributed by atoms with Gasteiger partial charge < -0.3 is 5.32 Å². The van der Waals surface area contributed by atoms with Crippen LogP contribution >= 0.6 is 11.5 Å². The molecule has 86 valence electrons. The van der Waals surface area contributed by atoms with Gasteiger partial charge in [-0.05, 0) is 12.3 Å². The molecule has 0 amide bonds. The molecule has 3 nitrogen and oxygen atoms in total. The van der Waals surface area contributed by atoms with Crippen LogP contribution in [0.5, 0.6) is 0 Å². The van der Waals surface area contributed by atoms with Crippen LogP contribution in [0.2, 0.25) is 0 Å². The van der Waals surface area contributed by atoms with Crippen LogP contribution in [-0.2, 0) is 0 Å². The molecule has 1 atom stereocenters. The van der Waals surface area contributed by atoms with Crippen molar-refractivity contribution in [3.05, 3.63) is 5.82 Å². The van der Waals surface area contributed by atoms with Crippen molar-refractivity contribution in [3.63, 3.8) is 0 Å². The van der Waals surface area contributed by atoms with E-state index < -0.39 is 0 Å². The van der Waals surface area contributed by atoms with Crippen molar-refractivity contribution in [2.75, 3.05) is 5.32 Å². The lowest BCUT2D eigenvalue weighted by Crippen LogP contribution is -2.24. The molecule has 1 aromatic rings. The van der Waals surface area contributed by atoms with Crippen molar-refractivity contribution >= 4 is 16.7 Å². The van der Waals surface area contributed by atoms with Crippen LogP contribution in [0.15, 0.2) is 0 Å². The molecule has 0 spiro atoms. The lowest BCUT2D eigenvalue weighted by Gasteiger charge is -2.19. The molecule has 0 aromatic carbocycles. The third-order valence-electron chi connectivity index (χ3n) is 2.51. The first-order chi connectivity index (χ1) is 7.04. The maximum atomic E-state index is 4.48. The van der Waals surface area contributed by atoms with E-state index in [0.29, 0.717) is 17.9 Å². The average molecular weight is 227 g/mol. The summed E-state index contributed by atoms with van der Waals surface area (Å²) in [6, 6.07) is 0.498. The van der Waals surface area contributed by atoms with E-state index in [4.69, 9.17) is 0 Å². The molecule has 1 aromatic heterocycles. The minimum atomic E-state index is 0.413. The number of nitrogens with one attached hydrogen (secondary N) is 1. The van der Waals surface area contributed by atoms with Gasteiger partial charge in [0.25, 0.3) is 0 Å². The fraction of sp³-hybridized carbons (Fsp3) is 0.818. The Morgan fingerprint density at radius 3 is 2.33 bits per heavy atom. The zero-order chi connectivity index (χ0) is 11.4. The number of nitrogens with zero attached hydrogens (tertiary/aromatic N) is 2. The molecule has 4 heteroatoms. The lowest BCUT2D eigenvalue weighted by molar-refractivity contribution is 0.511. The fourth-order valence-electron chi connectivity index (χ4n) is 1.43. The summed E-state index contributed by atoms with van der Waals surface area (Å²) in [6.07, 6.45) is 1.12. The summed E-state index contributed by atoms with van der Waals surface area (Å²) in [6.45, 7) is 10.9. The molecule has 15 heavy (non-hydrogen) atoms. The number of hydrogen-bond acceptors (Lipinski definition) is 4. The summed E-state index contributed by atoms with van der Waals surface area (Å²) in [7, 11) is 0. The molecule has 0 radical (unpaired) electrons. The van der Waals surface area contributed by atoms with Gasteiger partial charge in [0.2, 0.25) is 5.13 Å². The second-order valence-electron chi connectivity index (χ2n) is 4.52. The van der Waals surface area contributed by atoms with Gasteiger partial charge >= 0.3 is 0 Å². The monoisotopic (exact) mass is 227 g/mol.